The van der Waals surface area contributed by atoms with Crippen LogP contribution in [0.4, 0.5) is 17.6 Å². The van der Waals surface area contributed by atoms with Gasteiger partial charge in [-0.3, -0.25) is 12.2 Å². The fourth-order valence-corrected chi connectivity index (χ4v) is 4.67. The molecule has 2 heterocycles. The first kappa shape index (κ1) is 42.8. The van der Waals surface area contributed by atoms with Crippen molar-refractivity contribution in [1.82, 2.24) is 9.13 Å². The maximum atomic E-state index is 14.0. The second-order valence-corrected chi connectivity index (χ2v) is 10.4. The Morgan fingerprint density at radius 3 is 1.22 bits per heavy atom. The maximum absolute atomic E-state index is 14.0. The molecule has 0 spiro atoms. The molecule has 0 fully saturated rings. The van der Waals surface area contributed by atoms with Gasteiger partial charge in [0.25, 0.3) is 0 Å². The van der Waals surface area contributed by atoms with E-state index in [0.29, 0.717) is 49.9 Å². The van der Waals surface area contributed by atoms with E-state index in [0.717, 1.165) is 36.1 Å². The molecule has 2 aromatic heterocycles. The summed E-state index contributed by atoms with van der Waals surface area (Å²) in [4.78, 5) is 0. The molecule has 0 radical (unpaired) electrons. The Balaban J connectivity index is 0.000000273. The van der Waals surface area contributed by atoms with E-state index in [1.807, 2.05) is 78.0 Å². The largest absolute Gasteiger partial charge is 4.00 e. The van der Waals surface area contributed by atoms with Crippen molar-refractivity contribution in [1.29, 1.82) is 0 Å². The van der Waals surface area contributed by atoms with Gasteiger partial charge in [0, 0.05) is 46.5 Å². The van der Waals surface area contributed by atoms with Crippen molar-refractivity contribution in [2.45, 2.75) is 54.4 Å². The van der Waals surface area contributed by atoms with Crippen LogP contribution in [-0.2, 0) is 21.7 Å². The van der Waals surface area contributed by atoms with E-state index in [-0.39, 0.29) is 33.1 Å². The molecule has 0 N–H and O–H groups in total. The predicted octanol–water partition coefficient (Wildman–Crippen LogP) is 9.93. The Morgan fingerprint density at radius 1 is 0.588 bits per heavy atom. The first-order valence-corrected chi connectivity index (χ1v) is 16.3. The Labute approximate surface area is 313 Å². The van der Waals surface area contributed by atoms with Gasteiger partial charge >= 0.3 is 21.7 Å². The topological polar surface area (TPSA) is 46.8 Å². The van der Waals surface area contributed by atoms with Crippen molar-refractivity contribution >= 4 is 0 Å². The van der Waals surface area contributed by atoms with E-state index in [2.05, 4.69) is 24.3 Å². The molecule has 0 saturated heterocycles. The molecule has 0 bridgehead atoms. The third-order valence-corrected chi connectivity index (χ3v) is 6.68. The molecule has 0 saturated carbocycles. The average Bonchev–Trinajstić information content (AvgIpc) is 3.92. The zero-order chi connectivity index (χ0) is 36.5. The Bertz CT molecular complexity index is 1640. The van der Waals surface area contributed by atoms with Crippen molar-refractivity contribution in [2.24, 2.45) is 0 Å². The monoisotopic (exact) mass is 738 g/mol. The Kier molecular flexibility index (Phi) is 18.8. The molecule has 2 aliphatic rings. The van der Waals surface area contributed by atoms with Crippen LogP contribution in [0, 0.1) is 61.4 Å². The molecule has 4 aromatic rings. The number of nitrogens with zero attached hydrogens (tertiary/aromatic N) is 2. The van der Waals surface area contributed by atoms with E-state index in [1.54, 1.807) is 12.1 Å². The zero-order valence-corrected chi connectivity index (χ0v) is 31.3. The van der Waals surface area contributed by atoms with Gasteiger partial charge in [0.05, 0.1) is 26.4 Å². The van der Waals surface area contributed by atoms with Gasteiger partial charge in [0.2, 0.25) is 0 Å². The standard InChI is InChI=1S/2C15H16F2NO2.2C5H5.Ti/c2*1-4-19-14-8-10(3)15(20-5-2)18(14)13-7-6-11(16)9-12(13)17;2*1-2-4-5-3-1;/h2*6-8H,4-5H2,1-3H3;2*1-3H,4H2;/q4*-1;+4. The number of allylic oxidation sites excluding steroid dienone is 8. The molecule has 268 valence electrons. The van der Waals surface area contributed by atoms with Crippen LogP contribution in [0.1, 0.15) is 51.7 Å². The van der Waals surface area contributed by atoms with Gasteiger partial charge in [-0.25, -0.2) is 41.9 Å². The van der Waals surface area contributed by atoms with Gasteiger partial charge < -0.3 is 28.1 Å². The minimum Gasteiger partial charge on any atom is -0.479 e. The van der Waals surface area contributed by atoms with Crippen LogP contribution in [-0.4, -0.2) is 35.6 Å². The molecule has 2 aromatic carbocycles. The number of benzene rings is 2. The molecule has 51 heavy (non-hydrogen) atoms. The molecule has 11 heteroatoms. The number of hydrogen-bond acceptors (Lipinski definition) is 4. The van der Waals surface area contributed by atoms with Gasteiger partial charge in [-0.15, -0.1) is 49.2 Å². The Morgan fingerprint density at radius 2 is 0.961 bits per heavy atom. The van der Waals surface area contributed by atoms with Gasteiger partial charge in [-0.2, -0.15) is 12.2 Å². The van der Waals surface area contributed by atoms with Crippen LogP contribution in [0.15, 0.2) is 72.9 Å². The quantitative estimate of drug-likeness (QED) is 0.0924. The van der Waals surface area contributed by atoms with Gasteiger partial charge in [-0.05, 0) is 52.9 Å². The van der Waals surface area contributed by atoms with Crippen LogP contribution >= 0.6 is 0 Å². The first-order chi connectivity index (χ1) is 24.2. The minimum atomic E-state index is -0.789. The number of aryl methyl sites for hydroxylation is 2. The van der Waals surface area contributed by atoms with E-state index in [4.69, 9.17) is 18.9 Å². The molecule has 0 unspecified atom stereocenters. The summed E-state index contributed by atoms with van der Waals surface area (Å²) in [6.45, 7) is 12.8. The van der Waals surface area contributed by atoms with Gasteiger partial charge in [0.1, 0.15) is 0 Å². The summed E-state index contributed by atoms with van der Waals surface area (Å²) in [7, 11) is 0. The zero-order valence-electron chi connectivity index (χ0n) is 29.7. The third kappa shape index (κ3) is 12.4. The smallest absolute Gasteiger partial charge is 0.479 e. The van der Waals surface area contributed by atoms with E-state index < -0.39 is 23.3 Å². The number of aromatic nitrogens is 2. The van der Waals surface area contributed by atoms with Crippen LogP contribution in [0.3, 0.4) is 0 Å². The van der Waals surface area contributed by atoms with Crippen molar-refractivity contribution in [3.05, 3.63) is 132 Å². The van der Waals surface area contributed by atoms with Crippen molar-refractivity contribution in [2.75, 3.05) is 26.4 Å². The number of ether oxygens (including phenoxy) is 4. The summed E-state index contributed by atoms with van der Waals surface area (Å²) in [5.74, 6) is -1.20. The molecule has 2 aliphatic carbocycles. The first-order valence-electron chi connectivity index (χ1n) is 16.3. The van der Waals surface area contributed by atoms with E-state index in [1.165, 1.54) is 21.3 Å². The summed E-state index contributed by atoms with van der Waals surface area (Å²) < 4.78 is 79.0. The van der Waals surface area contributed by atoms with Crippen LogP contribution in [0.5, 0.6) is 23.5 Å². The molecular weight excluding hydrogens is 696 g/mol. The van der Waals surface area contributed by atoms with Crippen LogP contribution in [0.2, 0.25) is 0 Å². The fraction of sp³-hybridized carbons (Fsp3) is 0.300. The van der Waals surface area contributed by atoms with E-state index in [9.17, 15) is 17.6 Å². The average molecular weight is 739 g/mol. The number of rotatable bonds is 10. The molecule has 0 amide bonds. The molecule has 6 nitrogen and oxygen atoms in total. The molecule has 0 atom stereocenters. The van der Waals surface area contributed by atoms with E-state index >= 15 is 0 Å². The van der Waals surface area contributed by atoms with Gasteiger partial charge in [0.15, 0.2) is 23.5 Å². The normalized spacial score (nSPS) is 11.8. The predicted molar refractivity (Wildman–Crippen MR) is 186 cm³/mol. The van der Waals surface area contributed by atoms with Crippen LogP contribution in [0.25, 0.3) is 11.4 Å². The summed E-state index contributed by atoms with van der Waals surface area (Å²) >= 11 is 0. The molecule has 0 aliphatic heterocycles. The van der Waals surface area contributed by atoms with Gasteiger partial charge in [-0.1, -0.05) is 0 Å². The summed E-state index contributed by atoms with van der Waals surface area (Å²) in [5.41, 5.74) is 1.93. The minimum absolute atomic E-state index is 0. The number of hydrogen-bond donors (Lipinski definition) is 0. The molecular formula is C40H42F4N2O4Ti. The van der Waals surface area contributed by atoms with Crippen molar-refractivity contribution in [3.63, 3.8) is 0 Å². The maximum Gasteiger partial charge on any atom is 4.00 e. The van der Waals surface area contributed by atoms with Crippen LogP contribution < -0.4 is 18.9 Å². The molecule has 6 rings (SSSR count). The SMILES string of the molecule is CCOc1cc(C)c(OCC)n1-c1ccc(F)[c-]c1F.CCOc1cc(C)c(OCC)n1-c1ccc(F)[c-]c1F.[C-]1=CC=CC1.[C-]1=CC=CC1.[Ti+4]. The second-order valence-electron chi connectivity index (χ2n) is 10.4. The second kappa shape index (κ2) is 22.4. The summed E-state index contributed by atoms with van der Waals surface area (Å²) in [5, 5.41) is 0. The number of halogens is 4. The van der Waals surface area contributed by atoms with Crippen molar-refractivity contribution < 1.29 is 58.2 Å². The van der Waals surface area contributed by atoms with Crippen molar-refractivity contribution in [3.8, 4) is 34.9 Å². The Hall–Kier alpha value is -4.41. The fourth-order valence-electron chi connectivity index (χ4n) is 4.67. The summed E-state index contributed by atoms with van der Waals surface area (Å²) in [6, 6.07) is 12.5. The third-order valence-electron chi connectivity index (χ3n) is 6.68. The summed E-state index contributed by atoms with van der Waals surface area (Å²) in [6.07, 6.45) is 20.0.